The Morgan fingerprint density at radius 2 is 2.31 bits per heavy atom. The van der Waals surface area contributed by atoms with Gasteiger partial charge in [0.2, 0.25) is 0 Å². The van der Waals surface area contributed by atoms with E-state index in [0.717, 1.165) is 0 Å². The van der Waals surface area contributed by atoms with Gasteiger partial charge in [-0.3, -0.25) is 0 Å². The molecule has 0 atom stereocenters. The van der Waals surface area contributed by atoms with Crippen molar-refractivity contribution in [1.29, 1.82) is 0 Å². The fraction of sp³-hybridized carbons (Fsp3) is 0.444. The predicted octanol–water partition coefficient (Wildman–Crippen LogP) is 0.497. The molecular formula is C9H10N2O5. The second kappa shape index (κ2) is 3.84. The largest absolute Gasteiger partial charge is 0.476 e. The fourth-order valence-corrected chi connectivity index (χ4v) is 1.68. The fourth-order valence-electron chi connectivity index (χ4n) is 1.68. The molecule has 86 valence electrons. The number of fused-ring (bicyclic) bond motifs is 1. The molecule has 0 unspecified atom stereocenters. The molecule has 0 spiro atoms. The molecule has 2 rings (SSSR count). The Bertz CT molecular complexity index is 439. The van der Waals surface area contributed by atoms with Gasteiger partial charge < -0.3 is 19.3 Å². The number of nitrogens with zero attached hydrogens (tertiary/aromatic N) is 2. The van der Waals surface area contributed by atoms with Gasteiger partial charge in [-0.15, -0.1) is 0 Å². The molecule has 0 radical (unpaired) electrons. The summed E-state index contributed by atoms with van der Waals surface area (Å²) in [5.74, 6) is -0.703. The number of carbonyl (C=O) groups is 2. The van der Waals surface area contributed by atoms with Crippen molar-refractivity contribution in [3.8, 4) is 0 Å². The van der Waals surface area contributed by atoms with Crippen molar-refractivity contribution in [3.63, 3.8) is 0 Å². The van der Waals surface area contributed by atoms with Gasteiger partial charge in [0.15, 0.2) is 11.5 Å². The van der Waals surface area contributed by atoms with Gasteiger partial charge in [-0.2, -0.15) is 0 Å². The Morgan fingerprint density at radius 3 is 2.94 bits per heavy atom. The summed E-state index contributed by atoms with van der Waals surface area (Å²) < 4.78 is 9.46. The van der Waals surface area contributed by atoms with Crippen molar-refractivity contribution in [2.24, 2.45) is 0 Å². The van der Waals surface area contributed by atoms with Crippen LogP contribution in [0.3, 0.4) is 0 Å². The topological polar surface area (TPSA) is 92.9 Å². The van der Waals surface area contributed by atoms with Crippen LogP contribution in [0, 0.1) is 0 Å². The highest BCUT2D eigenvalue weighted by atomic mass is 16.5. The molecule has 2 heterocycles. The summed E-state index contributed by atoms with van der Waals surface area (Å²) in [6.45, 7) is 0.601. The van der Waals surface area contributed by atoms with Crippen molar-refractivity contribution < 1.29 is 24.0 Å². The van der Waals surface area contributed by atoms with E-state index in [9.17, 15) is 9.59 Å². The first-order valence-electron chi connectivity index (χ1n) is 4.67. The monoisotopic (exact) mass is 226 g/mol. The number of aromatic nitrogens is 1. The Balaban J connectivity index is 2.23. The van der Waals surface area contributed by atoms with Crippen LogP contribution in [0.25, 0.3) is 0 Å². The number of carboxylic acid groups (broad SMARTS) is 1. The van der Waals surface area contributed by atoms with Crippen LogP contribution in [-0.2, 0) is 17.7 Å². The molecule has 1 aliphatic heterocycles. The summed E-state index contributed by atoms with van der Waals surface area (Å²) in [5.41, 5.74) is 0.493. The molecule has 0 saturated heterocycles. The molecule has 0 aromatic carbocycles. The zero-order valence-electron chi connectivity index (χ0n) is 8.60. The van der Waals surface area contributed by atoms with Crippen molar-refractivity contribution in [2.75, 3.05) is 13.7 Å². The summed E-state index contributed by atoms with van der Waals surface area (Å²) in [6.07, 6.45) is -0.0471. The van der Waals surface area contributed by atoms with E-state index in [2.05, 4.69) is 9.89 Å². The number of carbonyl (C=O) groups excluding carboxylic acids is 1. The highest BCUT2D eigenvalue weighted by Crippen LogP contribution is 2.22. The lowest BCUT2D eigenvalue weighted by Crippen LogP contribution is -2.35. The van der Waals surface area contributed by atoms with Gasteiger partial charge in [0.1, 0.15) is 0 Å². The summed E-state index contributed by atoms with van der Waals surface area (Å²) in [6, 6.07) is 0. The van der Waals surface area contributed by atoms with E-state index in [0.29, 0.717) is 24.3 Å². The predicted molar refractivity (Wildman–Crippen MR) is 50.0 cm³/mol. The van der Waals surface area contributed by atoms with Gasteiger partial charge in [-0.25, -0.2) is 9.59 Å². The highest BCUT2D eigenvalue weighted by Gasteiger charge is 2.29. The van der Waals surface area contributed by atoms with Gasteiger partial charge >= 0.3 is 12.1 Å². The third kappa shape index (κ3) is 1.60. The normalized spacial score (nSPS) is 14.4. The molecule has 1 aliphatic rings. The zero-order valence-corrected chi connectivity index (χ0v) is 8.60. The van der Waals surface area contributed by atoms with Crippen LogP contribution in [0.4, 0.5) is 4.79 Å². The molecule has 1 aromatic heterocycles. The number of ether oxygens (including phenoxy) is 1. The minimum atomic E-state index is -1.11. The first-order chi connectivity index (χ1) is 7.63. The van der Waals surface area contributed by atoms with Crippen molar-refractivity contribution in [2.45, 2.75) is 13.0 Å². The van der Waals surface area contributed by atoms with Crippen LogP contribution in [0.15, 0.2) is 4.52 Å². The Morgan fingerprint density at radius 1 is 1.56 bits per heavy atom. The molecule has 0 bridgehead atoms. The van der Waals surface area contributed by atoms with E-state index in [1.807, 2.05) is 0 Å². The van der Waals surface area contributed by atoms with E-state index < -0.39 is 12.1 Å². The quantitative estimate of drug-likeness (QED) is 0.749. The third-order valence-electron chi connectivity index (χ3n) is 2.47. The van der Waals surface area contributed by atoms with E-state index in [4.69, 9.17) is 9.63 Å². The van der Waals surface area contributed by atoms with Crippen LogP contribution >= 0.6 is 0 Å². The average molecular weight is 226 g/mol. The van der Waals surface area contributed by atoms with Gasteiger partial charge in [0.05, 0.1) is 13.7 Å². The van der Waals surface area contributed by atoms with Crippen molar-refractivity contribution in [3.05, 3.63) is 17.0 Å². The SMILES string of the molecule is COC(=O)N1CCc2c(C(=O)O)noc2C1. The zero-order chi connectivity index (χ0) is 11.7. The van der Waals surface area contributed by atoms with Crippen LogP contribution in [0.2, 0.25) is 0 Å². The average Bonchev–Trinajstić information content (AvgIpc) is 2.70. The number of hydrogen-bond acceptors (Lipinski definition) is 5. The molecule has 1 amide bonds. The molecule has 7 nitrogen and oxygen atoms in total. The molecule has 16 heavy (non-hydrogen) atoms. The van der Waals surface area contributed by atoms with Crippen LogP contribution in [0.5, 0.6) is 0 Å². The summed E-state index contributed by atoms with van der Waals surface area (Å²) in [7, 11) is 1.29. The lowest BCUT2D eigenvalue weighted by molar-refractivity contribution is 0.0684. The smallest absolute Gasteiger partial charge is 0.409 e. The Labute approximate surface area is 90.6 Å². The molecule has 0 aliphatic carbocycles. The maximum atomic E-state index is 11.2. The molecular weight excluding hydrogens is 216 g/mol. The lowest BCUT2D eigenvalue weighted by Gasteiger charge is -2.23. The Hall–Kier alpha value is -2.05. The highest BCUT2D eigenvalue weighted by molar-refractivity contribution is 5.87. The number of amides is 1. The first kappa shape index (κ1) is 10.5. The number of aromatic carboxylic acids is 1. The molecule has 0 saturated carbocycles. The molecule has 7 heteroatoms. The minimum Gasteiger partial charge on any atom is -0.476 e. The second-order valence-corrected chi connectivity index (χ2v) is 3.38. The van der Waals surface area contributed by atoms with E-state index >= 15 is 0 Å². The van der Waals surface area contributed by atoms with Crippen LogP contribution < -0.4 is 0 Å². The standard InChI is InChI=1S/C9H10N2O5/c1-15-9(14)11-3-2-5-6(4-11)16-10-7(5)8(12)13/h2-4H2,1H3,(H,12,13). The van der Waals surface area contributed by atoms with Gasteiger partial charge in [0.25, 0.3) is 0 Å². The number of rotatable bonds is 1. The summed E-state index contributed by atoms with van der Waals surface area (Å²) in [4.78, 5) is 23.5. The van der Waals surface area contributed by atoms with E-state index in [1.165, 1.54) is 12.0 Å². The first-order valence-corrected chi connectivity index (χ1v) is 4.67. The molecule has 1 N–H and O–H groups in total. The van der Waals surface area contributed by atoms with Crippen LogP contribution in [0.1, 0.15) is 21.8 Å². The van der Waals surface area contributed by atoms with Gasteiger partial charge in [-0.05, 0) is 6.42 Å². The van der Waals surface area contributed by atoms with E-state index in [1.54, 1.807) is 0 Å². The molecule has 1 aromatic rings. The maximum absolute atomic E-state index is 11.2. The number of hydrogen-bond donors (Lipinski definition) is 1. The van der Waals surface area contributed by atoms with Crippen molar-refractivity contribution in [1.82, 2.24) is 10.1 Å². The number of methoxy groups -OCH3 is 1. The summed E-state index contributed by atoms with van der Waals surface area (Å²) in [5, 5.41) is 12.3. The number of carboxylic acids is 1. The van der Waals surface area contributed by atoms with Gasteiger partial charge in [0, 0.05) is 12.1 Å². The van der Waals surface area contributed by atoms with E-state index in [-0.39, 0.29) is 12.2 Å². The summed E-state index contributed by atoms with van der Waals surface area (Å²) >= 11 is 0. The maximum Gasteiger partial charge on any atom is 0.409 e. The van der Waals surface area contributed by atoms with Crippen molar-refractivity contribution >= 4 is 12.1 Å². The Kier molecular flexibility index (Phi) is 2.51. The molecule has 0 fully saturated rings. The second-order valence-electron chi connectivity index (χ2n) is 3.38. The van der Waals surface area contributed by atoms with Crippen LogP contribution in [-0.4, -0.2) is 40.9 Å². The third-order valence-corrected chi connectivity index (χ3v) is 2.47. The van der Waals surface area contributed by atoms with Gasteiger partial charge in [-0.1, -0.05) is 5.16 Å². The minimum absolute atomic E-state index is 0.0699. The lowest BCUT2D eigenvalue weighted by atomic mass is 10.1.